The Kier molecular flexibility index (Phi) is 3.62. The third-order valence-corrected chi connectivity index (χ3v) is 4.20. The molecule has 1 aromatic carbocycles. The van der Waals surface area contributed by atoms with Crippen molar-refractivity contribution < 1.29 is 23.7 Å². The maximum Gasteiger partial charge on any atom is 0.261 e. The van der Waals surface area contributed by atoms with Crippen LogP contribution in [0.1, 0.15) is 57.5 Å². The van der Waals surface area contributed by atoms with Gasteiger partial charge in [-0.1, -0.05) is 0 Å². The number of hydrogen-bond acceptors (Lipinski definition) is 5. The molecule has 0 fully saturated rings. The summed E-state index contributed by atoms with van der Waals surface area (Å²) in [6, 6.07) is 0. The van der Waals surface area contributed by atoms with Gasteiger partial charge in [0, 0.05) is 46.3 Å². The van der Waals surface area contributed by atoms with Gasteiger partial charge in [-0.15, -0.1) is 0 Å². The van der Waals surface area contributed by atoms with Crippen molar-refractivity contribution in [2.75, 3.05) is 13.1 Å². The molecule has 0 saturated carbocycles. The van der Waals surface area contributed by atoms with Crippen molar-refractivity contribution in [1.82, 2.24) is 4.90 Å². The maximum absolute atomic E-state index is 13.1. The normalized spacial score (nSPS) is 18.6. The van der Waals surface area contributed by atoms with Gasteiger partial charge in [0.05, 0.1) is 0 Å². The molecule has 1 amide bonds. The van der Waals surface area contributed by atoms with Crippen LogP contribution in [0.25, 0.3) is 0 Å². The van der Waals surface area contributed by atoms with E-state index in [4.69, 9.17) is 18.9 Å². The lowest BCUT2D eigenvalue weighted by molar-refractivity contribution is -0.0490. The highest BCUT2D eigenvalue weighted by atomic mass is 16.7. The summed E-state index contributed by atoms with van der Waals surface area (Å²) >= 11 is 0. The number of benzene rings is 1. The van der Waals surface area contributed by atoms with E-state index in [1.807, 2.05) is 48.5 Å². The van der Waals surface area contributed by atoms with E-state index >= 15 is 0 Å². The molecule has 0 unspecified atom stereocenters. The second-order valence-electron chi connectivity index (χ2n) is 7.00. The highest BCUT2D eigenvalue weighted by Crippen LogP contribution is 2.56. The van der Waals surface area contributed by atoms with Crippen molar-refractivity contribution in [3.63, 3.8) is 0 Å². The van der Waals surface area contributed by atoms with Crippen LogP contribution in [-0.4, -0.2) is 35.5 Å². The van der Waals surface area contributed by atoms with Crippen LogP contribution in [0.5, 0.6) is 23.0 Å². The molecule has 2 aliphatic rings. The SMILES string of the molecule is CCN(CC)C(=O)c1c2c(c(C)c3c1OC(C)(C)O3)OC(C)(C)O2. The molecule has 132 valence electrons. The summed E-state index contributed by atoms with van der Waals surface area (Å²) in [7, 11) is 0. The van der Waals surface area contributed by atoms with Crippen molar-refractivity contribution >= 4 is 5.91 Å². The molecule has 0 bridgehead atoms. The number of rotatable bonds is 3. The molecule has 3 rings (SSSR count). The van der Waals surface area contributed by atoms with Crippen LogP contribution in [0.3, 0.4) is 0 Å². The number of fused-ring (bicyclic) bond motifs is 2. The summed E-state index contributed by atoms with van der Waals surface area (Å²) in [6.45, 7) is 14.2. The number of carbonyl (C=O) groups excluding carboxylic acids is 1. The average Bonchev–Trinajstić information content (AvgIpc) is 2.96. The van der Waals surface area contributed by atoms with E-state index in [1.54, 1.807) is 4.90 Å². The predicted molar refractivity (Wildman–Crippen MR) is 89.1 cm³/mol. The maximum atomic E-state index is 13.1. The van der Waals surface area contributed by atoms with E-state index < -0.39 is 11.6 Å². The first-order chi connectivity index (χ1) is 11.1. The summed E-state index contributed by atoms with van der Waals surface area (Å²) in [5.74, 6) is 0.163. The smallest absolute Gasteiger partial charge is 0.261 e. The van der Waals surface area contributed by atoms with Gasteiger partial charge in [0.1, 0.15) is 5.56 Å². The van der Waals surface area contributed by atoms with Gasteiger partial charge in [-0.25, -0.2) is 0 Å². The minimum atomic E-state index is -0.837. The summed E-state index contributed by atoms with van der Waals surface area (Å²) < 4.78 is 23.8. The molecule has 0 aromatic heterocycles. The highest BCUT2D eigenvalue weighted by molar-refractivity contribution is 6.02. The summed E-state index contributed by atoms with van der Waals surface area (Å²) in [5, 5.41) is 0. The van der Waals surface area contributed by atoms with Crippen molar-refractivity contribution in [3.8, 4) is 23.0 Å². The van der Waals surface area contributed by atoms with Crippen molar-refractivity contribution in [2.24, 2.45) is 0 Å². The fourth-order valence-corrected chi connectivity index (χ4v) is 3.10. The van der Waals surface area contributed by atoms with E-state index in [0.29, 0.717) is 41.7 Å². The topological polar surface area (TPSA) is 57.2 Å². The Hall–Kier alpha value is -2.11. The molecule has 2 heterocycles. The molecule has 6 heteroatoms. The largest absolute Gasteiger partial charge is 0.449 e. The first-order valence-corrected chi connectivity index (χ1v) is 8.36. The van der Waals surface area contributed by atoms with Crippen LogP contribution in [0.4, 0.5) is 0 Å². The number of amides is 1. The van der Waals surface area contributed by atoms with Crippen LogP contribution in [0.2, 0.25) is 0 Å². The minimum Gasteiger partial charge on any atom is -0.449 e. The molecule has 0 atom stereocenters. The van der Waals surface area contributed by atoms with Crippen molar-refractivity contribution in [3.05, 3.63) is 11.1 Å². The Balaban J connectivity index is 2.24. The van der Waals surface area contributed by atoms with E-state index in [9.17, 15) is 4.79 Å². The van der Waals surface area contributed by atoms with Crippen LogP contribution >= 0.6 is 0 Å². The molecule has 24 heavy (non-hydrogen) atoms. The Labute approximate surface area is 142 Å². The van der Waals surface area contributed by atoms with Gasteiger partial charge in [-0.2, -0.15) is 0 Å². The van der Waals surface area contributed by atoms with Gasteiger partial charge >= 0.3 is 0 Å². The molecular formula is C18H25NO5. The summed E-state index contributed by atoms with van der Waals surface area (Å²) in [4.78, 5) is 14.8. The molecule has 6 nitrogen and oxygen atoms in total. The Morgan fingerprint density at radius 1 is 0.833 bits per heavy atom. The summed E-state index contributed by atoms with van der Waals surface area (Å²) in [6.07, 6.45) is 0. The fourth-order valence-electron chi connectivity index (χ4n) is 3.10. The summed E-state index contributed by atoms with van der Waals surface area (Å²) in [5.41, 5.74) is 1.16. The zero-order valence-electron chi connectivity index (χ0n) is 15.4. The van der Waals surface area contributed by atoms with E-state index in [1.165, 1.54) is 0 Å². The van der Waals surface area contributed by atoms with E-state index in [-0.39, 0.29) is 5.91 Å². The standard InChI is InChI=1S/C18H25NO5/c1-8-19(9-2)16(20)11-14-12(21-17(4,5)23-14)10(3)13-15(11)24-18(6,7)22-13/h8-9H2,1-7H3. The molecule has 0 N–H and O–H groups in total. The first kappa shape index (κ1) is 16.7. The minimum absolute atomic E-state index is 0.143. The van der Waals surface area contributed by atoms with Crippen LogP contribution < -0.4 is 18.9 Å². The lowest BCUT2D eigenvalue weighted by Crippen LogP contribution is -2.33. The van der Waals surface area contributed by atoms with Gasteiger partial charge in [0.15, 0.2) is 23.0 Å². The second-order valence-corrected chi connectivity index (χ2v) is 7.00. The van der Waals surface area contributed by atoms with Gasteiger partial charge < -0.3 is 23.8 Å². The molecule has 1 aromatic rings. The highest BCUT2D eigenvalue weighted by Gasteiger charge is 2.46. The Bertz CT molecular complexity index is 659. The van der Waals surface area contributed by atoms with Crippen LogP contribution in [0.15, 0.2) is 0 Å². The molecular weight excluding hydrogens is 310 g/mol. The first-order valence-electron chi connectivity index (χ1n) is 8.36. The monoisotopic (exact) mass is 335 g/mol. The molecule has 0 radical (unpaired) electrons. The Morgan fingerprint density at radius 2 is 1.21 bits per heavy atom. The predicted octanol–water partition coefficient (Wildman–Crippen LogP) is 3.49. The van der Waals surface area contributed by atoms with Crippen LogP contribution in [-0.2, 0) is 0 Å². The van der Waals surface area contributed by atoms with E-state index in [2.05, 4.69) is 0 Å². The number of hydrogen-bond donors (Lipinski definition) is 0. The second kappa shape index (κ2) is 5.19. The zero-order valence-corrected chi connectivity index (χ0v) is 15.4. The molecule has 2 aliphatic heterocycles. The Morgan fingerprint density at radius 3 is 1.58 bits per heavy atom. The number of nitrogens with zero attached hydrogens (tertiary/aromatic N) is 1. The van der Waals surface area contributed by atoms with Gasteiger partial charge in [-0.3, -0.25) is 4.79 Å². The van der Waals surface area contributed by atoms with Gasteiger partial charge in [-0.05, 0) is 20.8 Å². The van der Waals surface area contributed by atoms with Gasteiger partial charge in [0.2, 0.25) is 11.6 Å². The van der Waals surface area contributed by atoms with Crippen LogP contribution in [0, 0.1) is 6.92 Å². The lowest BCUT2D eigenvalue weighted by atomic mass is 10.1. The molecule has 0 aliphatic carbocycles. The van der Waals surface area contributed by atoms with Crippen molar-refractivity contribution in [2.45, 2.75) is 60.0 Å². The van der Waals surface area contributed by atoms with E-state index in [0.717, 1.165) is 5.56 Å². The third kappa shape index (κ3) is 2.44. The molecule has 0 spiro atoms. The molecule has 0 saturated heterocycles. The number of carbonyl (C=O) groups is 1. The van der Waals surface area contributed by atoms with Gasteiger partial charge in [0.25, 0.3) is 5.91 Å². The lowest BCUT2D eigenvalue weighted by Gasteiger charge is -2.22. The average molecular weight is 335 g/mol. The fraction of sp³-hybridized carbons (Fsp3) is 0.611. The third-order valence-electron chi connectivity index (χ3n) is 4.20. The van der Waals surface area contributed by atoms with Crippen molar-refractivity contribution in [1.29, 1.82) is 0 Å². The number of ether oxygens (including phenoxy) is 4. The zero-order chi connectivity index (χ0) is 17.9. The quantitative estimate of drug-likeness (QED) is 0.846.